The van der Waals surface area contributed by atoms with E-state index < -0.39 is 23.0 Å². The zero-order chi connectivity index (χ0) is 15.6. The van der Waals surface area contributed by atoms with E-state index in [1.54, 1.807) is 0 Å². The van der Waals surface area contributed by atoms with Crippen molar-refractivity contribution in [1.29, 1.82) is 0 Å². The van der Waals surface area contributed by atoms with Crippen molar-refractivity contribution in [3.8, 4) is 5.69 Å². The number of benzene rings is 1. The number of hydrogen-bond donors (Lipinski definition) is 1. The van der Waals surface area contributed by atoms with Crippen LogP contribution in [0.15, 0.2) is 35.1 Å². The van der Waals surface area contributed by atoms with Crippen LogP contribution < -0.4 is 5.43 Å². The minimum atomic E-state index is -1.25. The highest BCUT2D eigenvalue weighted by Gasteiger charge is 2.11. The molecule has 0 aliphatic rings. The van der Waals surface area contributed by atoms with Crippen molar-refractivity contribution in [2.75, 3.05) is 0 Å². The average molecular weight is 292 g/mol. The number of aromatic nitrogens is 2. The first-order valence-electron chi connectivity index (χ1n) is 5.86. The van der Waals surface area contributed by atoms with E-state index in [0.717, 1.165) is 35.0 Å². The lowest BCUT2D eigenvalue weighted by molar-refractivity contribution is -0.131. The average Bonchev–Trinajstić information content (AvgIpc) is 2.41. The molecule has 1 heterocycles. The summed E-state index contributed by atoms with van der Waals surface area (Å²) in [6.07, 6.45) is 1.74. The van der Waals surface area contributed by atoms with Gasteiger partial charge in [-0.2, -0.15) is 5.10 Å². The first-order valence-corrected chi connectivity index (χ1v) is 5.86. The Morgan fingerprint density at radius 2 is 2.05 bits per heavy atom. The maximum absolute atomic E-state index is 13.8. The number of aliphatic carboxylic acids is 1. The van der Waals surface area contributed by atoms with E-state index in [-0.39, 0.29) is 17.1 Å². The number of carbonyl (C=O) groups is 1. The Labute approximate surface area is 117 Å². The SMILES string of the molecule is Cc1cc(=O)c(/C=C/C(=O)O)nn1-c1cc(F)ccc1F. The van der Waals surface area contributed by atoms with Crippen molar-refractivity contribution in [2.24, 2.45) is 0 Å². The summed E-state index contributed by atoms with van der Waals surface area (Å²) < 4.78 is 28.0. The lowest BCUT2D eigenvalue weighted by atomic mass is 10.2. The number of aryl methyl sites for hydroxylation is 1. The molecule has 0 aliphatic carbocycles. The van der Waals surface area contributed by atoms with Crippen molar-refractivity contribution in [1.82, 2.24) is 9.78 Å². The van der Waals surface area contributed by atoms with Crippen molar-refractivity contribution in [3.05, 3.63) is 63.6 Å². The predicted molar refractivity (Wildman–Crippen MR) is 71.2 cm³/mol. The standard InChI is InChI=1S/C14H10F2N2O3/c1-8-6-13(19)11(4-5-14(20)21)17-18(8)12-7-9(15)2-3-10(12)16/h2-7H,1H3,(H,20,21)/b5-4+. The van der Waals surface area contributed by atoms with Gasteiger partial charge in [0, 0.05) is 23.9 Å². The first-order chi connectivity index (χ1) is 9.88. The number of nitrogens with zero attached hydrogens (tertiary/aromatic N) is 2. The third kappa shape index (κ3) is 3.19. The first kappa shape index (κ1) is 14.6. The van der Waals surface area contributed by atoms with Crippen LogP contribution in [0.4, 0.5) is 8.78 Å². The van der Waals surface area contributed by atoms with Gasteiger partial charge in [0.2, 0.25) is 5.43 Å². The molecule has 0 spiro atoms. The lowest BCUT2D eigenvalue weighted by Gasteiger charge is -2.11. The summed E-state index contributed by atoms with van der Waals surface area (Å²) in [4.78, 5) is 22.2. The molecular formula is C14H10F2N2O3. The number of carboxylic acid groups (broad SMARTS) is 1. The lowest BCUT2D eigenvalue weighted by Crippen LogP contribution is -2.17. The molecule has 0 unspecified atom stereocenters. The van der Waals surface area contributed by atoms with Crippen LogP contribution in [0.3, 0.4) is 0 Å². The molecule has 0 radical (unpaired) electrons. The summed E-state index contributed by atoms with van der Waals surface area (Å²) >= 11 is 0. The molecule has 21 heavy (non-hydrogen) atoms. The summed E-state index contributed by atoms with van der Waals surface area (Å²) in [6, 6.07) is 4.00. The molecular weight excluding hydrogens is 282 g/mol. The van der Waals surface area contributed by atoms with Crippen LogP contribution in [0.25, 0.3) is 11.8 Å². The van der Waals surface area contributed by atoms with Crippen LogP contribution in [-0.2, 0) is 4.79 Å². The fourth-order valence-electron chi connectivity index (χ4n) is 1.72. The second-order valence-corrected chi connectivity index (χ2v) is 4.21. The molecule has 0 aliphatic heterocycles. The van der Waals surface area contributed by atoms with Gasteiger partial charge in [-0.25, -0.2) is 18.3 Å². The molecule has 0 amide bonds. The number of hydrogen-bond acceptors (Lipinski definition) is 3. The quantitative estimate of drug-likeness (QED) is 0.877. The van der Waals surface area contributed by atoms with Gasteiger partial charge in [0.05, 0.1) is 0 Å². The topological polar surface area (TPSA) is 72.2 Å². The van der Waals surface area contributed by atoms with E-state index in [0.29, 0.717) is 0 Å². The van der Waals surface area contributed by atoms with Crippen LogP contribution in [0, 0.1) is 18.6 Å². The van der Waals surface area contributed by atoms with Crippen molar-refractivity contribution < 1.29 is 18.7 Å². The Bertz CT molecular complexity index is 797. The Kier molecular flexibility index (Phi) is 3.93. The minimum Gasteiger partial charge on any atom is -0.478 e. The van der Waals surface area contributed by atoms with E-state index >= 15 is 0 Å². The molecule has 0 bridgehead atoms. The van der Waals surface area contributed by atoms with Crippen molar-refractivity contribution in [2.45, 2.75) is 6.92 Å². The molecule has 0 fully saturated rings. The zero-order valence-electron chi connectivity index (χ0n) is 10.9. The smallest absolute Gasteiger partial charge is 0.328 e. The van der Waals surface area contributed by atoms with Gasteiger partial charge in [-0.3, -0.25) is 4.79 Å². The van der Waals surface area contributed by atoms with Gasteiger partial charge in [0.1, 0.15) is 23.0 Å². The monoisotopic (exact) mass is 292 g/mol. The fraction of sp³-hybridized carbons (Fsp3) is 0.0714. The molecule has 7 heteroatoms. The largest absolute Gasteiger partial charge is 0.478 e. The Morgan fingerprint density at radius 3 is 2.71 bits per heavy atom. The number of carboxylic acids is 1. The van der Waals surface area contributed by atoms with Gasteiger partial charge < -0.3 is 5.11 Å². The zero-order valence-corrected chi connectivity index (χ0v) is 10.9. The summed E-state index contributed by atoms with van der Waals surface area (Å²) in [7, 11) is 0. The van der Waals surface area contributed by atoms with Crippen molar-refractivity contribution in [3.63, 3.8) is 0 Å². The summed E-state index contributed by atoms with van der Waals surface area (Å²) in [5.41, 5.74) is -0.584. The van der Waals surface area contributed by atoms with Crippen LogP contribution >= 0.6 is 0 Å². The summed E-state index contributed by atoms with van der Waals surface area (Å²) in [6.45, 7) is 1.50. The van der Waals surface area contributed by atoms with Gasteiger partial charge in [0.15, 0.2) is 0 Å². The molecule has 0 atom stereocenters. The van der Waals surface area contributed by atoms with Crippen LogP contribution in [0.5, 0.6) is 0 Å². The van der Waals surface area contributed by atoms with Crippen molar-refractivity contribution >= 4 is 12.0 Å². The van der Waals surface area contributed by atoms with Crippen LogP contribution in [-0.4, -0.2) is 20.9 Å². The predicted octanol–water partition coefficient (Wildman–Crippen LogP) is 1.92. The van der Waals surface area contributed by atoms with E-state index in [9.17, 15) is 18.4 Å². The molecule has 0 saturated heterocycles. The molecule has 108 valence electrons. The van der Waals surface area contributed by atoms with Gasteiger partial charge in [-0.15, -0.1) is 0 Å². The normalized spacial score (nSPS) is 11.0. The molecule has 1 N–H and O–H groups in total. The summed E-state index contributed by atoms with van der Waals surface area (Å²) in [5, 5.41) is 12.4. The second-order valence-electron chi connectivity index (χ2n) is 4.21. The van der Waals surface area contributed by atoms with Crippen LogP contribution in [0.2, 0.25) is 0 Å². The second kappa shape index (κ2) is 5.66. The van der Waals surface area contributed by atoms with E-state index in [1.807, 2.05) is 0 Å². The highest BCUT2D eigenvalue weighted by atomic mass is 19.1. The molecule has 1 aromatic carbocycles. The Morgan fingerprint density at radius 1 is 1.33 bits per heavy atom. The molecule has 2 rings (SSSR count). The van der Waals surface area contributed by atoms with E-state index in [1.165, 1.54) is 13.0 Å². The minimum absolute atomic E-state index is 0.169. The highest BCUT2D eigenvalue weighted by molar-refractivity contribution is 5.84. The molecule has 0 saturated carbocycles. The van der Waals surface area contributed by atoms with Gasteiger partial charge >= 0.3 is 5.97 Å². The highest BCUT2D eigenvalue weighted by Crippen LogP contribution is 2.15. The van der Waals surface area contributed by atoms with Gasteiger partial charge in [-0.1, -0.05) is 0 Å². The van der Waals surface area contributed by atoms with E-state index in [4.69, 9.17) is 5.11 Å². The molecule has 5 nitrogen and oxygen atoms in total. The number of halogens is 2. The Balaban J connectivity index is 2.64. The molecule has 1 aromatic heterocycles. The van der Waals surface area contributed by atoms with Gasteiger partial charge in [-0.05, 0) is 25.1 Å². The van der Waals surface area contributed by atoms with E-state index in [2.05, 4.69) is 5.10 Å². The van der Waals surface area contributed by atoms with Gasteiger partial charge in [0.25, 0.3) is 0 Å². The molecule has 2 aromatic rings. The summed E-state index contributed by atoms with van der Waals surface area (Å²) in [5.74, 6) is -2.63. The maximum Gasteiger partial charge on any atom is 0.328 e. The third-order valence-corrected chi connectivity index (χ3v) is 2.65. The Hall–Kier alpha value is -2.83. The van der Waals surface area contributed by atoms with Crippen LogP contribution in [0.1, 0.15) is 11.4 Å². The maximum atomic E-state index is 13.8. The third-order valence-electron chi connectivity index (χ3n) is 2.65. The fourth-order valence-corrected chi connectivity index (χ4v) is 1.72. The number of rotatable bonds is 3.